The van der Waals surface area contributed by atoms with Crippen LogP contribution >= 0.6 is 0 Å². The lowest BCUT2D eigenvalue weighted by Gasteiger charge is -2.35. The Morgan fingerprint density at radius 1 is 0.211 bits per heavy atom. The third-order valence-corrected chi connectivity index (χ3v) is 16.0. The normalized spacial score (nSPS) is 43.7. The van der Waals surface area contributed by atoms with Crippen LogP contribution < -0.4 is 0 Å². The number of carbonyl (C=O) groups is 8. The second-order valence-electron chi connectivity index (χ2n) is 19.1. The number of carbonyl (C=O) groups excluding carboxylic acids is 8. The Kier molecular flexibility index (Phi) is 17.4. The van der Waals surface area contributed by atoms with Crippen LogP contribution in [0.15, 0.2) is 0 Å². The van der Waals surface area contributed by atoms with Crippen molar-refractivity contribution in [3.8, 4) is 0 Å². The van der Waals surface area contributed by atoms with Crippen LogP contribution in [0.3, 0.4) is 0 Å². The van der Waals surface area contributed by atoms with E-state index in [0.29, 0.717) is 0 Å². The standard InChI is InChI=1S/C44H56O32/c1-53-29(45)21-13-9-14(22(21)30(46)54-2)38-62-61-37(13)69-71-39-15-10-17(25(33(49)57-5)23(15)31(47)55-3)41(65-63-39)73-75-43-19-12-20(28(36(52)60-8)27(19)35(51)59-7)44(68-67-43)76-74-42-18-11-16(40(64-66-42)72-70-38)24(32(48)56-4)26(18)34(50)58-6/h13-28,37-44H,9-12H2,1-8H3. The molecule has 5 heterocycles. The summed E-state index contributed by atoms with van der Waals surface area (Å²) < 4.78 is 41.0. The highest BCUT2D eigenvalue weighted by Gasteiger charge is 2.66. The molecular weight excluding hydrogens is 1040 g/mol. The smallest absolute Gasteiger partial charge is 0.310 e. The lowest BCUT2D eigenvalue weighted by molar-refractivity contribution is -0.598. The summed E-state index contributed by atoms with van der Waals surface area (Å²) in [5.41, 5.74) is 0. The van der Waals surface area contributed by atoms with Crippen LogP contribution in [-0.2, 0) is 154 Å². The number of fused-ring (bicyclic) bond motifs is 28. The zero-order valence-electron chi connectivity index (χ0n) is 41.7. The second kappa shape index (κ2) is 23.6. The first-order valence-electron chi connectivity index (χ1n) is 23.9. The minimum absolute atomic E-state index is 0.213. The molecule has 0 aromatic heterocycles. The lowest BCUT2D eigenvalue weighted by atomic mass is 9.86. The summed E-state index contributed by atoms with van der Waals surface area (Å²) in [6.45, 7) is 0. The van der Waals surface area contributed by atoms with E-state index in [2.05, 4.69) is 0 Å². The van der Waals surface area contributed by atoms with Gasteiger partial charge in [0.25, 0.3) is 0 Å². The molecule has 32 nitrogen and oxygen atoms in total. The van der Waals surface area contributed by atoms with Gasteiger partial charge in [-0.1, -0.05) is 0 Å². The van der Waals surface area contributed by atoms with Crippen molar-refractivity contribution in [1.82, 2.24) is 0 Å². The molecule has 9 aliphatic rings. The van der Waals surface area contributed by atoms with E-state index in [1.165, 1.54) is 0 Å². The summed E-state index contributed by atoms with van der Waals surface area (Å²) in [5.74, 6) is -28.4. The molecule has 0 amide bonds. The predicted octanol–water partition coefficient (Wildman–Crippen LogP) is -0.893. The van der Waals surface area contributed by atoms with Crippen LogP contribution in [0.1, 0.15) is 25.7 Å². The fourth-order valence-corrected chi connectivity index (χ4v) is 12.6. The highest BCUT2D eigenvalue weighted by molar-refractivity contribution is 5.85. The van der Waals surface area contributed by atoms with Crippen molar-refractivity contribution in [2.45, 2.75) is 76.0 Å². The number of rotatable bonds is 8. The van der Waals surface area contributed by atoms with E-state index < -0.39 is 193 Å². The maximum Gasteiger partial charge on any atom is 0.310 e. The number of esters is 8. The molecule has 0 aromatic carbocycles. The van der Waals surface area contributed by atoms with Crippen molar-refractivity contribution in [2.75, 3.05) is 56.9 Å². The Labute approximate surface area is 429 Å². The number of methoxy groups -OCH3 is 8. The molecule has 0 radical (unpaired) electrons. The third kappa shape index (κ3) is 10.00. The monoisotopic (exact) mass is 1100 g/mol. The van der Waals surface area contributed by atoms with Crippen LogP contribution in [0.25, 0.3) is 0 Å². The van der Waals surface area contributed by atoms with Gasteiger partial charge in [0, 0.05) is 47.3 Å². The largest absolute Gasteiger partial charge is 0.469 e. The molecule has 0 spiro atoms. The van der Waals surface area contributed by atoms with Crippen molar-refractivity contribution < 1.29 is 154 Å². The van der Waals surface area contributed by atoms with Gasteiger partial charge in [0.05, 0.1) is 104 Å². The van der Waals surface area contributed by atoms with Crippen LogP contribution in [0.4, 0.5) is 0 Å². The lowest BCUT2D eigenvalue weighted by Crippen LogP contribution is -2.47. The molecule has 76 heavy (non-hydrogen) atoms. The van der Waals surface area contributed by atoms with Crippen molar-refractivity contribution in [3.05, 3.63) is 0 Å². The summed E-state index contributed by atoms with van der Waals surface area (Å²) in [7, 11) is 8.58. The molecule has 32 heteroatoms. The average molecular weight is 1100 g/mol. The van der Waals surface area contributed by atoms with Crippen LogP contribution in [0.5, 0.6) is 0 Å². The number of ether oxygens (including phenoxy) is 8. The van der Waals surface area contributed by atoms with Crippen molar-refractivity contribution in [3.63, 3.8) is 0 Å². The van der Waals surface area contributed by atoms with Crippen LogP contribution in [0.2, 0.25) is 0 Å². The topological polar surface area (TPSA) is 358 Å². The van der Waals surface area contributed by atoms with Crippen molar-refractivity contribution >= 4 is 47.8 Å². The van der Waals surface area contributed by atoms with E-state index in [9.17, 15) is 38.4 Å². The van der Waals surface area contributed by atoms with Crippen LogP contribution in [0, 0.1) is 94.7 Å². The maximum atomic E-state index is 13.7. The number of hydrogen-bond acceptors (Lipinski definition) is 32. The van der Waals surface area contributed by atoms with Gasteiger partial charge in [0.1, 0.15) is 0 Å². The third-order valence-electron chi connectivity index (χ3n) is 16.0. The average Bonchev–Trinajstić information content (AvgIpc) is 4.15. The van der Waals surface area contributed by atoms with E-state index >= 15 is 0 Å². The molecule has 424 valence electrons. The second-order valence-corrected chi connectivity index (χ2v) is 19.1. The van der Waals surface area contributed by atoms with Gasteiger partial charge >= 0.3 is 47.8 Å². The Morgan fingerprint density at radius 2 is 0.303 bits per heavy atom. The molecule has 5 saturated heterocycles. The van der Waals surface area contributed by atoms with Gasteiger partial charge in [-0.3, -0.25) is 38.4 Å². The fraction of sp³-hybridized carbons (Fsp3) is 0.818. The molecular formula is C44H56O32. The summed E-state index contributed by atoms with van der Waals surface area (Å²) in [5, 5.41) is 0. The van der Waals surface area contributed by atoms with E-state index in [1.54, 1.807) is 0 Å². The zero-order valence-corrected chi connectivity index (χ0v) is 41.7. The molecule has 16 unspecified atom stereocenters. The molecule has 4 aliphatic carbocycles. The molecule has 16 atom stereocenters. The minimum Gasteiger partial charge on any atom is -0.469 e. The Balaban J connectivity index is 1.12. The Bertz CT molecular complexity index is 1740. The molecule has 0 aromatic rings. The maximum absolute atomic E-state index is 13.7. The van der Waals surface area contributed by atoms with Gasteiger partial charge < -0.3 is 37.9 Å². The highest BCUT2D eigenvalue weighted by Crippen LogP contribution is 2.56. The van der Waals surface area contributed by atoms with E-state index in [4.69, 9.17) is 116 Å². The van der Waals surface area contributed by atoms with Gasteiger partial charge in [0.2, 0.25) is 50.3 Å². The Morgan fingerprint density at radius 3 is 0.382 bits per heavy atom. The summed E-state index contributed by atoms with van der Waals surface area (Å²) in [4.78, 5) is 201. The highest BCUT2D eigenvalue weighted by atomic mass is 17.4. The van der Waals surface area contributed by atoms with E-state index in [-0.39, 0.29) is 25.7 Å². The van der Waals surface area contributed by atoms with Gasteiger partial charge in [-0.2, -0.15) is 78.2 Å². The fourth-order valence-electron chi connectivity index (χ4n) is 12.6. The van der Waals surface area contributed by atoms with Crippen molar-refractivity contribution in [1.29, 1.82) is 0 Å². The van der Waals surface area contributed by atoms with Gasteiger partial charge in [-0.15, -0.1) is 0 Å². The van der Waals surface area contributed by atoms with E-state index in [1.807, 2.05) is 0 Å². The first kappa shape index (κ1) is 55.9. The molecule has 16 bridgehead atoms. The van der Waals surface area contributed by atoms with Gasteiger partial charge in [-0.25, -0.2) is 0 Å². The molecule has 9 fully saturated rings. The van der Waals surface area contributed by atoms with Gasteiger partial charge in [-0.05, 0) is 25.7 Å². The number of hydrogen-bond donors (Lipinski definition) is 0. The molecule has 9 rings (SSSR count). The zero-order chi connectivity index (χ0) is 54.3. The first-order valence-corrected chi connectivity index (χ1v) is 23.9. The van der Waals surface area contributed by atoms with Gasteiger partial charge in [0.15, 0.2) is 0 Å². The Hall–Kier alpha value is -4.88. The summed E-state index contributed by atoms with van der Waals surface area (Å²) in [6, 6.07) is 0. The predicted molar refractivity (Wildman–Crippen MR) is 218 cm³/mol. The van der Waals surface area contributed by atoms with E-state index in [0.717, 1.165) is 56.9 Å². The molecule has 0 N–H and O–H groups in total. The van der Waals surface area contributed by atoms with Crippen molar-refractivity contribution in [2.24, 2.45) is 94.7 Å². The minimum atomic E-state index is -1.80. The van der Waals surface area contributed by atoms with Crippen LogP contribution in [-0.4, -0.2) is 155 Å². The summed E-state index contributed by atoms with van der Waals surface area (Å²) >= 11 is 0. The summed E-state index contributed by atoms with van der Waals surface area (Å²) in [6.07, 6.45) is -15.2. The first-order chi connectivity index (χ1) is 36.7. The molecule has 4 saturated carbocycles. The quantitative estimate of drug-likeness (QED) is 0.162. The molecule has 5 aliphatic heterocycles. The SMILES string of the molecule is COC(=O)C1C2CC(C3OOC2OOC2OOC(OOC4OOC(OOC5OOC(OO3)C3CC5C(C(=O)OC)C3C(=O)OC)C3CC4C(C(=O)OC)C3C(=O)OC)C3CC2C(C(=O)OC)C3C(=O)OC)C1C(=O)OC.